The number of hydrogen-bond donors (Lipinski definition) is 1. The van der Waals surface area contributed by atoms with E-state index < -0.39 is 0 Å². The number of anilines is 1. The molecule has 3 aromatic rings. The first-order valence-electron chi connectivity index (χ1n) is 5.99. The predicted octanol–water partition coefficient (Wildman–Crippen LogP) is 3.39. The Labute approximate surface area is 110 Å². The maximum Gasteiger partial charge on any atom is 0.229 e. The minimum absolute atomic E-state index is 0.532. The summed E-state index contributed by atoms with van der Waals surface area (Å²) in [5, 5.41) is 0. The number of ether oxygens (including phenoxy) is 1. The Morgan fingerprint density at radius 1 is 1.21 bits per heavy atom. The van der Waals surface area contributed by atoms with Gasteiger partial charge in [-0.3, -0.25) is 0 Å². The van der Waals surface area contributed by atoms with E-state index in [0.29, 0.717) is 11.6 Å². The van der Waals surface area contributed by atoms with Gasteiger partial charge in [-0.15, -0.1) is 0 Å². The van der Waals surface area contributed by atoms with E-state index in [9.17, 15) is 0 Å². The van der Waals surface area contributed by atoms with Crippen molar-refractivity contribution in [3.8, 4) is 17.2 Å². The van der Waals surface area contributed by atoms with Crippen LogP contribution in [0.4, 0.5) is 5.69 Å². The molecule has 0 fully saturated rings. The second-order valence-electron chi connectivity index (χ2n) is 4.39. The number of hydrogen-bond acceptors (Lipinski definition) is 4. The lowest BCUT2D eigenvalue weighted by atomic mass is 10.1. The second-order valence-corrected chi connectivity index (χ2v) is 4.39. The number of benzene rings is 2. The first kappa shape index (κ1) is 11.6. The number of aryl methyl sites for hydroxylation is 1. The summed E-state index contributed by atoms with van der Waals surface area (Å²) >= 11 is 0. The van der Waals surface area contributed by atoms with Gasteiger partial charge in [-0.05, 0) is 30.7 Å². The lowest BCUT2D eigenvalue weighted by molar-refractivity contribution is 0.415. The highest BCUT2D eigenvalue weighted by Crippen LogP contribution is 2.31. The molecular formula is C15H14N2O2. The molecule has 0 amide bonds. The van der Waals surface area contributed by atoms with E-state index in [1.807, 2.05) is 43.3 Å². The highest BCUT2D eigenvalue weighted by atomic mass is 16.5. The zero-order chi connectivity index (χ0) is 13.4. The topological polar surface area (TPSA) is 61.3 Å². The number of nitrogens with two attached hydrogens (primary N) is 1. The Bertz CT molecular complexity index is 747. The Morgan fingerprint density at radius 2 is 2.05 bits per heavy atom. The van der Waals surface area contributed by atoms with Crippen LogP contribution in [0.2, 0.25) is 0 Å². The fourth-order valence-electron chi connectivity index (χ4n) is 2.02. The fraction of sp³-hybridized carbons (Fsp3) is 0.133. The molecule has 0 saturated carbocycles. The van der Waals surface area contributed by atoms with Gasteiger partial charge in [-0.25, -0.2) is 4.98 Å². The normalized spacial score (nSPS) is 10.8. The van der Waals surface area contributed by atoms with E-state index >= 15 is 0 Å². The van der Waals surface area contributed by atoms with Gasteiger partial charge in [0.1, 0.15) is 11.3 Å². The van der Waals surface area contributed by atoms with Crippen molar-refractivity contribution in [2.75, 3.05) is 12.8 Å². The predicted molar refractivity (Wildman–Crippen MR) is 75.1 cm³/mol. The maximum absolute atomic E-state index is 6.07. The van der Waals surface area contributed by atoms with Crippen LogP contribution in [0.15, 0.2) is 40.8 Å². The van der Waals surface area contributed by atoms with E-state index in [-0.39, 0.29) is 0 Å². The number of nitrogens with zero attached hydrogens (tertiary/aromatic N) is 1. The van der Waals surface area contributed by atoms with E-state index in [1.165, 1.54) is 0 Å². The SMILES string of the molecule is COc1ccc2oc(-c3cccc(C)c3N)nc2c1. The minimum Gasteiger partial charge on any atom is -0.497 e. The van der Waals surface area contributed by atoms with Crippen molar-refractivity contribution in [2.24, 2.45) is 0 Å². The van der Waals surface area contributed by atoms with Gasteiger partial charge in [0.25, 0.3) is 0 Å². The van der Waals surface area contributed by atoms with Gasteiger partial charge in [-0.1, -0.05) is 12.1 Å². The van der Waals surface area contributed by atoms with Gasteiger partial charge in [0, 0.05) is 11.8 Å². The van der Waals surface area contributed by atoms with Crippen molar-refractivity contribution in [1.29, 1.82) is 0 Å². The molecule has 19 heavy (non-hydrogen) atoms. The van der Waals surface area contributed by atoms with Gasteiger partial charge in [0.05, 0.1) is 12.7 Å². The molecule has 2 aromatic carbocycles. The highest BCUT2D eigenvalue weighted by molar-refractivity contribution is 5.81. The number of para-hydroxylation sites is 1. The van der Waals surface area contributed by atoms with Crippen molar-refractivity contribution in [1.82, 2.24) is 4.98 Å². The number of rotatable bonds is 2. The Balaban J connectivity index is 2.18. The lowest BCUT2D eigenvalue weighted by Crippen LogP contribution is -1.93. The molecule has 0 aliphatic carbocycles. The maximum atomic E-state index is 6.07. The third kappa shape index (κ3) is 1.91. The molecule has 1 heterocycles. The van der Waals surface area contributed by atoms with Gasteiger partial charge >= 0.3 is 0 Å². The number of aromatic nitrogens is 1. The van der Waals surface area contributed by atoms with Gasteiger partial charge < -0.3 is 14.9 Å². The Kier molecular flexibility index (Phi) is 2.63. The zero-order valence-corrected chi connectivity index (χ0v) is 10.8. The van der Waals surface area contributed by atoms with E-state index in [0.717, 1.165) is 28.0 Å². The van der Waals surface area contributed by atoms with Crippen LogP contribution in [-0.2, 0) is 0 Å². The second kappa shape index (κ2) is 4.31. The summed E-state index contributed by atoms with van der Waals surface area (Å²) in [5.74, 6) is 1.29. The van der Waals surface area contributed by atoms with Crippen LogP contribution in [0, 0.1) is 6.92 Å². The van der Waals surface area contributed by atoms with Crippen LogP contribution in [0.25, 0.3) is 22.6 Å². The fourth-order valence-corrected chi connectivity index (χ4v) is 2.02. The molecule has 0 bridgehead atoms. The Hall–Kier alpha value is -2.49. The molecule has 0 saturated heterocycles. The Morgan fingerprint density at radius 3 is 2.84 bits per heavy atom. The van der Waals surface area contributed by atoms with Crippen LogP contribution in [0.1, 0.15) is 5.56 Å². The minimum atomic E-state index is 0.532. The summed E-state index contributed by atoms with van der Waals surface area (Å²) < 4.78 is 10.9. The molecule has 0 radical (unpaired) electrons. The van der Waals surface area contributed by atoms with Crippen molar-refractivity contribution in [3.63, 3.8) is 0 Å². The first-order valence-corrected chi connectivity index (χ1v) is 5.99. The van der Waals surface area contributed by atoms with Crippen molar-refractivity contribution < 1.29 is 9.15 Å². The number of nitrogen functional groups attached to an aromatic ring is 1. The summed E-state index contributed by atoms with van der Waals surface area (Å²) in [6.45, 7) is 1.96. The van der Waals surface area contributed by atoms with E-state index in [2.05, 4.69) is 4.98 Å². The van der Waals surface area contributed by atoms with Crippen LogP contribution >= 0.6 is 0 Å². The molecule has 0 atom stereocenters. The molecule has 4 nitrogen and oxygen atoms in total. The van der Waals surface area contributed by atoms with Crippen molar-refractivity contribution >= 4 is 16.8 Å². The summed E-state index contributed by atoms with van der Waals surface area (Å²) in [4.78, 5) is 4.47. The monoisotopic (exact) mass is 254 g/mol. The van der Waals surface area contributed by atoms with Gasteiger partial charge in [0.15, 0.2) is 5.58 Å². The molecule has 4 heteroatoms. The standard InChI is InChI=1S/C15H14N2O2/c1-9-4-3-5-11(14(9)16)15-17-12-8-10(18-2)6-7-13(12)19-15/h3-8H,16H2,1-2H3. The van der Waals surface area contributed by atoms with E-state index in [1.54, 1.807) is 7.11 Å². The van der Waals surface area contributed by atoms with Gasteiger partial charge in [0.2, 0.25) is 5.89 Å². The van der Waals surface area contributed by atoms with Crippen LogP contribution in [-0.4, -0.2) is 12.1 Å². The third-order valence-corrected chi connectivity index (χ3v) is 3.15. The van der Waals surface area contributed by atoms with Crippen LogP contribution < -0.4 is 10.5 Å². The molecular weight excluding hydrogens is 240 g/mol. The quantitative estimate of drug-likeness (QED) is 0.712. The van der Waals surface area contributed by atoms with Crippen LogP contribution in [0.5, 0.6) is 5.75 Å². The molecule has 0 aliphatic rings. The molecule has 0 unspecified atom stereocenters. The summed E-state index contributed by atoms with van der Waals surface area (Å²) in [5.41, 5.74) is 10.1. The number of methoxy groups -OCH3 is 1. The highest BCUT2D eigenvalue weighted by Gasteiger charge is 2.12. The number of fused-ring (bicyclic) bond motifs is 1. The average Bonchev–Trinajstić information content (AvgIpc) is 2.84. The third-order valence-electron chi connectivity index (χ3n) is 3.15. The molecule has 96 valence electrons. The summed E-state index contributed by atoms with van der Waals surface area (Å²) in [6, 6.07) is 11.3. The van der Waals surface area contributed by atoms with Crippen LogP contribution in [0.3, 0.4) is 0 Å². The summed E-state index contributed by atoms with van der Waals surface area (Å²) in [7, 11) is 1.63. The zero-order valence-electron chi connectivity index (χ0n) is 10.8. The smallest absolute Gasteiger partial charge is 0.229 e. The average molecular weight is 254 g/mol. The van der Waals surface area contributed by atoms with Crippen molar-refractivity contribution in [2.45, 2.75) is 6.92 Å². The molecule has 1 aromatic heterocycles. The molecule has 0 spiro atoms. The van der Waals surface area contributed by atoms with Gasteiger partial charge in [-0.2, -0.15) is 0 Å². The van der Waals surface area contributed by atoms with E-state index in [4.69, 9.17) is 14.9 Å². The van der Waals surface area contributed by atoms with Crippen molar-refractivity contribution in [3.05, 3.63) is 42.0 Å². The number of oxazole rings is 1. The largest absolute Gasteiger partial charge is 0.497 e. The molecule has 0 aliphatic heterocycles. The lowest BCUT2D eigenvalue weighted by Gasteiger charge is -2.03. The molecule has 3 rings (SSSR count). The molecule has 2 N–H and O–H groups in total. The first-order chi connectivity index (χ1) is 9.19. The summed E-state index contributed by atoms with van der Waals surface area (Å²) in [6.07, 6.45) is 0.